The van der Waals surface area contributed by atoms with Gasteiger partial charge in [0.15, 0.2) is 6.61 Å². The van der Waals surface area contributed by atoms with Crippen molar-refractivity contribution in [1.82, 2.24) is 4.98 Å². The molecule has 1 heterocycles. The number of rotatable bonds is 4. The summed E-state index contributed by atoms with van der Waals surface area (Å²) in [5, 5.41) is 0. The van der Waals surface area contributed by atoms with Gasteiger partial charge in [-0.3, -0.25) is 0 Å². The van der Waals surface area contributed by atoms with Gasteiger partial charge in [-0.25, -0.2) is 9.78 Å². The standard InChI is InChI=1S/C13H15NO3/c1-5-7-17-11-8-9(3)12(10(4)14-11)13(15)16-6-2/h1,8H,6-7H2,2-4H3. The van der Waals surface area contributed by atoms with Crippen LogP contribution in [0.5, 0.6) is 5.88 Å². The smallest absolute Gasteiger partial charge is 0.340 e. The minimum atomic E-state index is -0.363. The second-order valence-electron chi connectivity index (χ2n) is 3.45. The second-order valence-corrected chi connectivity index (χ2v) is 3.45. The SMILES string of the molecule is C#CCOc1cc(C)c(C(=O)OCC)c(C)n1. The van der Waals surface area contributed by atoms with Crippen molar-refractivity contribution in [3.8, 4) is 18.2 Å². The van der Waals surface area contributed by atoms with E-state index in [1.54, 1.807) is 19.9 Å². The molecular weight excluding hydrogens is 218 g/mol. The molecular formula is C13H15NO3. The Balaban J connectivity index is 3.02. The van der Waals surface area contributed by atoms with E-state index in [1.807, 2.05) is 6.92 Å². The van der Waals surface area contributed by atoms with E-state index in [-0.39, 0.29) is 12.6 Å². The summed E-state index contributed by atoms with van der Waals surface area (Å²) in [4.78, 5) is 15.8. The predicted molar refractivity (Wildman–Crippen MR) is 64.0 cm³/mol. The highest BCUT2D eigenvalue weighted by molar-refractivity contribution is 5.92. The van der Waals surface area contributed by atoms with Crippen LogP contribution in [0.4, 0.5) is 0 Å². The van der Waals surface area contributed by atoms with Crippen LogP contribution in [-0.4, -0.2) is 24.2 Å². The van der Waals surface area contributed by atoms with Gasteiger partial charge in [-0.05, 0) is 26.3 Å². The van der Waals surface area contributed by atoms with Gasteiger partial charge >= 0.3 is 5.97 Å². The monoisotopic (exact) mass is 233 g/mol. The van der Waals surface area contributed by atoms with Crippen LogP contribution in [0.25, 0.3) is 0 Å². The van der Waals surface area contributed by atoms with Crippen molar-refractivity contribution >= 4 is 5.97 Å². The average molecular weight is 233 g/mol. The lowest BCUT2D eigenvalue weighted by molar-refractivity contribution is 0.0524. The summed E-state index contributed by atoms with van der Waals surface area (Å²) >= 11 is 0. The van der Waals surface area contributed by atoms with Crippen molar-refractivity contribution in [2.75, 3.05) is 13.2 Å². The maximum atomic E-state index is 11.7. The molecule has 1 rings (SSSR count). The van der Waals surface area contributed by atoms with E-state index in [1.165, 1.54) is 0 Å². The number of aryl methyl sites for hydroxylation is 2. The van der Waals surface area contributed by atoms with Crippen molar-refractivity contribution in [2.24, 2.45) is 0 Å². The molecule has 90 valence electrons. The third kappa shape index (κ3) is 3.22. The van der Waals surface area contributed by atoms with Gasteiger partial charge in [-0.1, -0.05) is 5.92 Å². The van der Waals surface area contributed by atoms with Crippen LogP contribution in [-0.2, 0) is 4.74 Å². The van der Waals surface area contributed by atoms with E-state index in [2.05, 4.69) is 10.9 Å². The van der Waals surface area contributed by atoms with E-state index in [4.69, 9.17) is 15.9 Å². The largest absolute Gasteiger partial charge is 0.464 e. The molecule has 4 heteroatoms. The molecule has 4 nitrogen and oxygen atoms in total. The van der Waals surface area contributed by atoms with E-state index < -0.39 is 0 Å². The Hall–Kier alpha value is -2.02. The number of hydrogen-bond donors (Lipinski definition) is 0. The first-order valence-electron chi connectivity index (χ1n) is 5.31. The zero-order chi connectivity index (χ0) is 12.8. The van der Waals surface area contributed by atoms with E-state index >= 15 is 0 Å². The first-order chi connectivity index (χ1) is 8.10. The first kappa shape index (κ1) is 13.0. The van der Waals surface area contributed by atoms with Crippen LogP contribution in [0, 0.1) is 26.2 Å². The molecule has 0 bridgehead atoms. The maximum absolute atomic E-state index is 11.7. The summed E-state index contributed by atoms with van der Waals surface area (Å²) < 4.78 is 10.2. The number of aromatic nitrogens is 1. The fraction of sp³-hybridized carbons (Fsp3) is 0.385. The Morgan fingerprint density at radius 3 is 2.76 bits per heavy atom. The second kappa shape index (κ2) is 5.90. The molecule has 0 aliphatic carbocycles. The van der Waals surface area contributed by atoms with Crippen LogP contribution < -0.4 is 4.74 Å². The first-order valence-corrected chi connectivity index (χ1v) is 5.31. The summed E-state index contributed by atoms with van der Waals surface area (Å²) in [6.07, 6.45) is 5.09. The van der Waals surface area contributed by atoms with Gasteiger partial charge in [0.05, 0.1) is 17.9 Å². The molecule has 0 amide bonds. The minimum absolute atomic E-state index is 0.157. The number of carbonyl (C=O) groups excluding carboxylic acids is 1. The highest BCUT2D eigenvalue weighted by Gasteiger charge is 2.15. The van der Waals surface area contributed by atoms with Crippen LogP contribution >= 0.6 is 0 Å². The summed E-state index contributed by atoms with van der Waals surface area (Å²) in [5.74, 6) is 2.42. The van der Waals surface area contributed by atoms with E-state index in [9.17, 15) is 4.79 Å². The molecule has 0 saturated carbocycles. The fourth-order valence-corrected chi connectivity index (χ4v) is 1.50. The van der Waals surface area contributed by atoms with Crippen LogP contribution in [0.2, 0.25) is 0 Å². The Bertz CT molecular complexity index is 437. The lowest BCUT2D eigenvalue weighted by atomic mass is 10.1. The number of ether oxygens (including phenoxy) is 2. The highest BCUT2D eigenvalue weighted by Crippen LogP contribution is 2.18. The number of nitrogens with zero attached hydrogens (tertiary/aromatic N) is 1. The van der Waals surface area contributed by atoms with Crippen molar-refractivity contribution in [3.63, 3.8) is 0 Å². The predicted octanol–water partition coefficient (Wildman–Crippen LogP) is 1.89. The summed E-state index contributed by atoms with van der Waals surface area (Å²) in [6, 6.07) is 1.68. The molecule has 0 aliphatic heterocycles. The summed E-state index contributed by atoms with van der Waals surface area (Å²) in [5.41, 5.74) is 1.83. The molecule has 0 radical (unpaired) electrons. The molecule has 0 atom stereocenters. The molecule has 0 fully saturated rings. The lowest BCUT2D eigenvalue weighted by Crippen LogP contribution is -2.11. The number of esters is 1. The Morgan fingerprint density at radius 2 is 2.24 bits per heavy atom. The maximum Gasteiger partial charge on any atom is 0.340 e. The number of carbonyl (C=O) groups is 1. The number of terminal acetylenes is 1. The van der Waals surface area contributed by atoms with Gasteiger partial charge in [-0.15, -0.1) is 6.42 Å². The third-order valence-electron chi connectivity index (χ3n) is 2.16. The summed E-state index contributed by atoms with van der Waals surface area (Å²) in [7, 11) is 0. The van der Waals surface area contributed by atoms with Crippen molar-refractivity contribution < 1.29 is 14.3 Å². The Morgan fingerprint density at radius 1 is 1.53 bits per heavy atom. The normalized spacial score (nSPS) is 9.53. The van der Waals surface area contributed by atoms with Gasteiger partial charge in [-0.2, -0.15) is 0 Å². The zero-order valence-electron chi connectivity index (χ0n) is 10.2. The number of hydrogen-bond acceptors (Lipinski definition) is 4. The quantitative estimate of drug-likeness (QED) is 0.588. The molecule has 0 unspecified atom stereocenters. The van der Waals surface area contributed by atoms with Gasteiger partial charge in [0.25, 0.3) is 0 Å². The van der Waals surface area contributed by atoms with Gasteiger partial charge < -0.3 is 9.47 Å². The fourth-order valence-electron chi connectivity index (χ4n) is 1.50. The van der Waals surface area contributed by atoms with Crippen molar-refractivity contribution in [2.45, 2.75) is 20.8 Å². The molecule has 0 aromatic carbocycles. The van der Waals surface area contributed by atoms with Crippen LogP contribution in [0.3, 0.4) is 0 Å². The van der Waals surface area contributed by atoms with Crippen molar-refractivity contribution in [1.29, 1.82) is 0 Å². The van der Waals surface area contributed by atoms with E-state index in [0.29, 0.717) is 23.7 Å². The third-order valence-corrected chi connectivity index (χ3v) is 2.16. The molecule has 0 spiro atoms. The lowest BCUT2D eigenvalue weighted by Gasteiger charge is -2.10. The molecule has 0 saturated heterocycles. The van der Waals surface area contributed by atoms with Crippen LogP contribution in [0.1, 0.15) is 28.5 Å². The topological polar surface area (TPSA) is 48.4 Å². The molecule has 17 heavy (non-hydrogen) atoms. The van der Waals surface area contributed by atoms with Crippen LogP contribution in [0.15, 0.2) is 6.07 Å². The van der Waals surface area contributed by atoms with Gasteiger partial charge in [0.1, 0.15) is 0 Å². The highest BCUT2D eigenvalue weighted by atomic mass is 16.5. The van der Waals surface area contributed by atoms with Gasteiger partial charge in [0.2, 0.25) is 5.88 Å². The molecule has 0 aliphatic rings. The van der Waals surface area contributed by atoms with Gasteiger partial charge in [0, 0.05) is 6.07 Å². The minimum Gasteiger partial charge on any atom is -0.464 e. The summed E-state index contributed by atoms with van der Waals surface area (Å²) in [6.45, 7) is 5.81. The molecule has 1 aromatic heterocycles. The zero-order valence-corrected chi connectivity index (χ0v) is 10.2. The molecule has 1 aromatic rings. The number of pyridine rings is 1. The van der Waals surface area contributed by atoms with E-state index in [0.717, 1.165) is 5.56 Å². The average Bonchev–Trinajstić information content (AvgIpc) is 2.25. The van der Waals surface area contributed by atoms with Crippen molar-refractivity contribution in [3.05, 3.63) is 22.9 Å². The molecule has 0 N–H and O–H groups in total. The Labute approximate surface area is 101 Å². The Kier molecular flexibility index (Phi) is 4.53.